The van der Waals surface area contributed by atoms with Gasteiger partial charge in [0.1, 0.15) is 5.54 Å². The van der Waals surface area contributed by atoms with E-state index in [2.05, 4.69) is 30.3 Å². The lowest BCUT2D eigenvalue weighted by molar-refractivity contribution is 0.156. The molecule has 1 aromatic carbocycles. The van der Waals surface area contributed by atoms with Crippen LogP contribution in [0.15, 0.2) is 30.3 Å². The van der Waals surface area contributed by atoms with Crippen molar-refractivity contribution in [1.82, 2.24) is 10.2 Å². The lowest BCUT2D eigenvalue weighted by atomic mass is 9.87. The summed E-state index contributed by atoms with van der Waals surface area (Å²) in [5.74, 6) is 0. The van der Waals surface area contributed by atoms with Crippen LogP contribution in [0, 0.1) is 11.3 Å². The maximum atomic E-state index is 9.79. The molecule has 0 aliphatic heterocycles. The monoisotopic (exact) mass is 289 g/mol. The van der Waals surface area contributed by atoms with Crippen LogP contribution in [0.1, 0.15) is 25.3 Å². The Hall–Kier alpha value is -1.41. The van der Waals surface area contributed by atoms with Crippen LogP contribution in [0.5, 0.6) is 0 Å². The van der Waals surface area contributed by atoms with E-state index in [0.29, 0.717) is 6.61 Å². The number of nitriles is 1. The van der Waals surface area contributed by atoms with Gasteiger partial charge in [-0.3, -0.25) is 5.32 Å². The van der Waals surface area contributed by atoms with E-state index in [0.717, 1.165) is 38.0 Å². The third-order valence-electron chi connectivity index (χ3n) is 3.68. The summed E-state index contributed by atoms with van der Waals surface area (Å²) < 4.78 is 5.10. The third kappa shape index (κ3) is 5.47. The number of methoxy groups -OCH3 is 1. The highest BCUT2D eigenvalue weighted by atomic mass is 16.5. The van der Waals surface area contributed by atoms with Crippen molar-refractivity contribution in [2.24, 2.45) is 0 Å². The number of nitrogens with zero attached hydrogens (tertiary/aromatic N) is 2. The van der Waals surface area contributed by atoms with Crippen LogP contribution in [-0.2, 0) is 10.3 Å². The normalized spacial score (nSPS) is 13.9. The predicted molar refractivity (Wildman–Crippen MR) is 86.0 cm³/mol. The fourth-order valence-electron chi connectivity index (χ4n) is 2.27. The lowest BCUT2D eigenvalue weighted by Crippen LogP contribution is -2.44. The van der Waals surface area contributed by atoms with Gasteiger partial charge in [-0.2, -0.15) is 5.26 Å². The number of likely N-dealkylation sites (N-methyl/N-ethyl adjacent to an activating group) is 1. The molecule has 116 valence electrons. The maximum absolute atomic E-state index is 9.79. The number of ether oxygens (including phenoxy) is 1. The Morgan fingerprint density at radius 2 is 2.00 bits per heavy atom. The Labute approximate surface area is 128 Å². The molecular formula is C17H27N3O. The van der Waals surface area contributed by atoms with Gasteiger partial charge in [0.15, 0.2) is 0 Å². The maximum Gasteiger partial charge on any atom is 0.133 e. The van der Waals surface area contributed by atoms with Crippen molar-refractivity contribution in [3.05, 3.63) is 35.9 Å². The molecule has 4 nitrogen and oxygen atoms in total. The molecule has 0 saturated carbocycles. The second kappa shape index (κ2) is 9.51. The van der Waals surface area contributed by atoms with Crippen LogP contribution in [0.3, 0.4) is 0 Å². The zero-order valence-corrected chi connectivity index (χ0v) is 13.4. The molecule has 1 N–H and O–H groups in total. The van der Waals surface area contributed by atoms with E-state index < -0.39 is 5.54 Å². The van der Waals surface area contributed by atoms with E-state index in [1.54, 1.807) is 7.11 Å². The van der Waals surface area contributed by atoms with E-state index >= 15 is 0 Å². The highest BCUT2D eigenvalue weighted by molar-refractivity contribution is 5.31. The van der Waals surface area contributed by atoms with Crippen molar-refractivity contribution < 1.29 is 4.74 Å². The fraction of sp³-hybridized carbons (Fsp3) is 0.588. The zero-order valence-electron chi connectivity index (χ0n) is 13.4. The Kier molecular flexibility index (Phi) is 7.99. The molecule has 0 aliphatic carbocycles. The predicted octanol–water partition coefficient (Wildman–Crippen LogP) is 2.37. The number of nitrogens with one attached hydrogen (secondary N) is 1. The first kappa shape index (κ1) is 17.6. The molecule has 0 saturated heterocycles. The molecule has 1 aromatic rings. The van der Waals surface area contributed by atoms with Crippen molar-refractivity contribution in [1.29, 1.82) is 5.26 Å². The quantitative estimate of drug-likeness (QED) is 0.718. The minimum absolute atomic E-state index is 0.612. The average Bonchev–Trinajstić information content (AvgIpc) is 2.54. The number of hydrogen-bond donors (Lipinski definition) is 1. The first-order valence-corrected chi connectivity index (χ1v) is 7.58. The van der Waals surface area contributed by atoms with Crippen LogP contribution < -0.4 is 5.32 Å². The second-order valence-electron chi connectivity index (χ2n) is 5.36. The molecule has 0 spiro atoms. The SMILES string of the molecule is CCCNC(C#N)(CCN(C)CCOC)c1ccccc1. The molecule has 1 rings (SSSR count). The molecule has 0 amide bonds. The molecular weight excluding hydrogens is 262 g/mol. The fourth-order valence-corrected chi connectivity index (χ4v) is 2.27. The molecule has 0 radical (unpaired) electrons. The van der Waals surface area contributed by atoms with Gasteiger partial charge < -0.3 is 9.64 Å². The van der Waals surface area contributed by atoms with Crippen LogP contribution in [0.2, 0.25) is 0 Å². The van der Waals surface area contributed by atoms with Gasteiger partial charge in [-0.25, -0.2) is 0 Å². The lowest BCUT2D eigenvalue weighted by Gasteiger charge is -2.30. The summed E-state index contributed by atoms with van der Waals surface area (Å²) in [6, 6.07) is 12.5. The Morgan fingerprint density at radius 1 is 1.29 bits per heavy atom. The highest BCUT2D eigenvalue weighted by Crippen LogP contribution is 2.24. The van der Waals surface area contributed by atoms with Crippen LogP contribution >= 0.6 is 0 Å². The minimum atomic E-state index is -0.612. The summed E-state index contributed by atoms with van der Waals surface area (Å²) >= 11 is 0. The van der Waals surface area contributed by atoms with Crippen LogP contribution in [0.25, 0.3) is 0 Å². The molecule has 1 atom stereocenters. The van der Waals surface area contributed by atoms with Crippen LogP contribution in [0.4, 0.5) is 0 Å². The molecule has 21 heavy (non-hydrogen) atoms. The topological polar surface area (TPSA) is 48.3 Å². The summed E-state index contributed by atoms with van der Waals surface area (Å²) in [4.78, 5) is 2.20. The molecule has 4 heteroatoms. The zero-order chi connectivity index (χ0) is 15.6. The van der Waals surface area contributed by atoms with E-state index in [1.165, 1.54) is 0 Å². The largest absolute Gasteiger partial charge is 0.383 e. The van der Waals surface area contributed by atoms with E-state index in [9.17, 15) is 5.26 Å². The first-order valence-electron chi connectivity index (χ1n) is 7.58. The van der Waals surface area contributed by atoms with E-state index in [-0.39, 0.29) is 0 Å². The molecule has 0 aliphatic rings. The Balaban J connectivity index is 2.79. The third-order valence-corrected chi connectivity index (χ3v) is 3.68. The molecule has 0 aromatic heterocycles. The van der Waals surface area contributed by atoms with Gasteiger partial charge in [-0.05, 0) is 32.0 Å². The standard InChI is InChI=1S/C17H27N3O/c1-4-11-19-17(15-18,16-8-6-5-7-9-16)10-12-20(2)13-14-21-3/h5-9,19H,4,10-14H2,1-3H3. The first-order chi connectivity index (χ1) is 10.2. The molecule has 0 fully saturated rings. The van der Waals surface area contributed by atoms with Gasteiger partial charge in [0.2, 0.25) is 0 Å². The number of hydrogen-bond acceptors (Lipinski definition) is 4. The Morgan fingerprint density at radius 3 is 2.57 bits per heavy atom. The summed E-state index contributed by atoms with van der Waals surface area (Å²) in [6.45, 7) is 5.39. The minimum Gasteiger partial charge on any atom is -0.383 e. The van der Waals surface area contributed by atoms with Gasteiger partial charge in [0.25, 0.3) is 0 Å². The van der Waals surface area contributed by atoms with Crippen molar-refractivity contribution in [3.8, 4) is 6.07 Å². The van der Waals surface area contributed by atoms with E-state index in [1.807, 2.05) is 30.3 Å². The molecule has 0 heterocycles. The van der Waals surface area contributed by atoms with Crippen molar-refractivity contribution in [2.75, 3.05) is 40.4 Å². The highest BCUT2D eigenvalue weighted by Gasteiger charge is 2.31. The van der Waals surface area contributed by atoms with Crippen LogP contribution in [-0.4, -0.2) is 45.3 Å². The number of benzene rings is 1. The summed E-state index contributed by atoms with van der Waals surface area (Å²) in [6.07, 6.45) is 1.77. The van der Waals surface area contributed by atoms with Crippen molar-refractivity contribution >= 4 is 0 Å². The molecule has 0 bridgehead atoms. The smallest absolute Gasteiger partial charge is 0.133 e. The van der Waals surface area contributed by atoms with Crippen molar-refractivity contribution in [2.45, 2.75) is 25.3 Å². The summed E-state index contributed by atoms with van der Waals surface area (Å²) in [7, 11) is 3.77. The second-order valence-corrected chi connectivity index (χ2v) is 5.36. The van der Waals surface area contributed by atoms with Gasteiger partial charge in [0, 0.05) is 20.2 Å². The average molecular weight is 289 g/mol. The molecule has 1 unspecified atom stereocenters. The van der Waals surface area contributed by atoms with E-state index in [4.69, 9.17) is 4.74 Å². The Bertz CT molecular complexity index is 429. The van der Waals surface area contributed by atoms with Gasteiger partial charge in [-0.1, -0.05) is 37.3 Å². The van der Waals surface area contributed by atoms with Crippen molar-refractivity contribution in [3.63, 3.8) is 0 Å². The summed E-state index contributed by atoms with van der Waals surface area (Å²) in [5.41, 5.74) is 0.430. The number of rotatable bonds is 10. The van der Waals surface area contributed by atoms with Gasteiger partial charge in [0.05, 0.1) is 12.7 Å². The van der Waals surface area contributed by atoms with Gasteiger partial charge >= 0.3 is 0 Å². The van der Waals surface area contributed by atoms with Gasteiger partial charge in [-0.15, -0.1) is 0 Å². The summed E-state index contributed by atoms with van der Waals surface area (Å²) in [5, 5.41) is 13.2.